The van der Waals surface area contributed by atoms with Gasteiger partial charge in [-0.15, -0.1) is 0 Å². The van der Waals surface area contributed by atoms with Crippen molar-refractivity contribution < 1.29 is 19.0 Å². The summed E-state index contributed by atoms with van der Waals surface area (Å²) in [5.74, 6) is 1.16. The van der Waals surface area contributed by atoms with Gasteiger partial charge in [0.1, 0.15) is 11.5 Å². The van der Waals surface area contributed by atoms with Gasteiger partial charge in [0.05, 0.1) is 27.9 Å². The highest BCUT2D eigenvalue weighted by Crippen LogP contribution is 2.29. The highest BCUT2D eigenvalue weighted by molar-refractivity contribution is 5.71. The van der Waals surface area contributed by atoms with Gasteiger partial charge in [0, 0.05) is 17.7 Å². The van der Waals surface area contributed by atoms with Crippen molar-refractivity contribution in [2.24, 2.45) is 0 Å². The number of nitrogens with one attached hydrogen (secondary N) is 1. The molecule has 1 rings (SSSR count). The molecule has 0 fully saturated rings. The van der Waals surface area contributed by atoms with Crippen molar-refractivity contribution in [1.29, 1.82) is 0 Å². The van der Waals surface area contributed by atoms with Crippen LogP contribution in [-0.4, -0.2) is 33.8 Å². The average Bonchev–Trinajstić information content (AvgIpc) is 2.43. The van der Waals surface area contributed by atoms with Crippen LogP contribution in [-0.2, 0) is 9.53 Å². The molecule has 0 spiro atoms. The number of methoxy groups -OCH3 is 3. The van der Waals surface area contributed by atoms with Crippen molar-refractivity contribution in [3.05, 3.63) is 23.8 Å². The topological polar surface area (TPSA) is 56.8 Å². The molecule has 1 aromatic carbocycles. The van der Waals surface area contributed by atoms with Crippen LogP contribution < -0.4 is 14.8 Å². The molecule has 1 unspecified atom stereocenters. The van der Waals surface area contributed by atoms with Crippen LogP contribution in [0.1, 0.15) is 18.5 Å². The number of benzene rings is 1. The van der Waals surface area contributed by atoms with Crippen LogP contribution in [0.4, 0.5) is 0 Å². The van der Waals surface area contributed by atoms with E-state index in [2.05, 4.69) is 10.1 Å². The molecule has 0 aliphatic carbocycles. The summed E-state index contributed by atoms with van der Waals surface area (Å²) in [7, 11) is 4.57. The van der Waals surface area contributed by atoms with Gasteiger partial charge in [-0.25, -0.2) is 0 Å². The van der Waals surface area contributed by atoms with Gasteiger partial charge in [-0.1, -0.05) is 6.07 Å². The van der Waals surface area contributed by atoms with E-state index in [4.69, 9.17) is 9.47 Å². The van der Waals surface area contributed by atoms with Crippen molar-refractivity contribution in [2.75, 3.05) is 27.9 Å². The number of carbonyl (C=O) groups excluding carboxylic acids is 1. The van der Waals surface area contributed by atoms with E-state index in [1.807, 2.05) is 25.1 Å². The average molecular weight is 253 g/mol. The predicted molar refractivity (Wildman–Crippen MR) is 68.0 cm³/mol. The van der Waals surface area contributed by atoms with Crippen LogP contribution in [0, 0.1) is 0 Å². The van der Waals surface area contributed by atoms with Gasteiger partial charge in [0.25, 0.3) is 0 Å². The van der Waals surface area contributed by atoms with Gasteiger partial charge in [-0.05, 0) is 13.0 Å². The fraction of sp³-hybridized carbons (Fsp3) is 0.462. The van der Waals surface area contributed by atoms with E-state index < -0.39 is 0 Å². The van der Waals surface area contributed by atoms with E-state index in [1.165, 1.54) is 7.11 Å². The van der Waals surface area contributed by atoms with E-state index in [9.17, 15) is 4.79 Å². The summed E-state index contributed by atoms with van der Waals surface area (Å²) in [6.45, 7) is 2.11. The molecule has 5 heteroatoms. The van der Waals surface area contributed by atoms with Gasteiger partial charge in [0.15, 0.2) is 0 Å². The fourth-order valence-corrected chi connectivity index (χ4v) is 1.59. The monoisotopic (exact) mass is 253 g/mol. The summed E-state index contributed by atoms with van der Waals surface area (Å²) >= 11 is 0. The lowest BCUT2D eigenvalue weighted by molar-refractivity contribution is -0.139. The molecule has 0 heterocycles. The van der Waals surface area contributed by atoms with Crippen molar-refractivity contribution in [3.63, 3.8) is 0 Å². The molecule has 18 heavy (non-hydrogen) atoms. The Balaban J connectivity index is 2.78. The van der Waals surface area contributed by atoms with Gasteiger partial charge in [-0.2, -0.15) is 0 Å². The van der Waals surface area contributed by atoms with Crippen molar-refractivity contribution in [3.8, 4) is 11.5 Å². The molecule has 0 aromatic heterocycles. The number of rotatable bonds is 6. The molecule has 5 nitrogen and oxygen atoms in total. The van der Waals surface area contributed by atoms with Crippen LogP contribution in [0.2, 0.25) is 0 Å². The minimum atomic E-state index is -0.297. The summed E-state index contributed by atoms with van der Waals surface area (Å²) in [4.78, 5) is 11.1. The molecule has 0 aliphatic rings. The number of hydrogen-bond donors (Lipinski definition) is 1. The summed E-state index contributed by atoms with van der Waals surface area (Å²) in [5, 5.41) is 3.07. The largest absolute Gasteiger partial charge is 0.497 e. The first kappa shape index (κ1) is 14.3. The summed E-state index contributed by atoms with van der Waals surface area (Å²) in [5.41, 5.74) is 0.960. The standard InChI is InChI=1S/C13H19NO4/c1-9(14-8-13(15)18-4)11-6-5-10(16-2)7-12(11)17-3/h5-7,9,14H,8H2,1-4H3. The Hall–Kier alpha value is -1.75. The first-order valence-electron chi connectivity index (χ1n) is 5.64. The van der Waals surface area contributed by atoms with E-state index in [0.717, 1.165) is 17.1 Å². The van der Waals surface area contributed by atoms with Crippen LogP contribution in [0.3, 0.4) is 0 Å². The second-order valence-electron chi connectivity index (χ2n) is 3.79. The molecule has 0 saturated carbocycles. The first-order chi connectivity index (χ1) is 8.62. The highest BCUT2D eigenvalue weighted by Gasteiger charge is 2.13. The molecule has 1 aromatic rings. The molecular formula is C13H19NO4. The molecular weight excluding hydrogens is 234 g/mol. The van der Waals surface area contributed by atoms with Crippen LogP contribution in [0.5, 0.6) is 11.5 Å². The maximum absolute atomic E-state index is 11.1. The van der Waals surface area contributed by atoms with E-state index in [1.54, 1.807) is 14.2 Å². The zero-order valence-corrected chi connectivity index (χ0v) is 11.1. The first-order valence-corrected chi connectivity index (χ1v) is 5.64. The molecule has 1 atom stereocenters. The Morgan fingerprint density at radius 3 is 2.56 bits per heavy atom. The molecule has 0 aliphatic heterocycles. The smallest absolute Gasteiger partial charge is 0.319 e. The predicted octanol–water partition coefficient (Wildman–Crippen LogP) is 1.53. The van der Waals surface area contributed by atoms with Gasteiger partial charge in [-0.3, -0.25) is 4.79 Å². The lowest BCUT2D eigenvalue weighted by atomic mass is 10.1. The molecule has 0 amide bonds. The zero-order valence-electron chi connectivity index (χ0n) is 11.1. The van der Waals surface area contributed by atoms with Crippen molar-refractivity contribution >= 4 is 5.97 Å². The Morgan fingerprint density at radius 1 is 1.28 bits per heavy atom. The lowest BCUT2D eigenvalue weighted by Gasteiger charge is -2.17. The third-order valence-corrected chi connectivity index (χ3v) is 2.69. The Labute approximate surface area is 107 Å². The van der Waals surface area contributed by atoms with Gasteiger partial charge in [0.2, 0.25) is 0 Å². The number of hydrogen-bond acceptors (Lipinski definition) is 5. The van der Waals surface area contributed by atoms with Crippen LogP contribution in [0.15, 0.2) is 18.2 Å². The van der Waals surface area contributed by atoms with Crippen LogP contribution in [0.25, 0.3) is 0 Å². The Morgan fingerprint density at radius 2 is 2.00 bits per heavy atom. The summed E-state index contributed by atoms with van der Waals surface area (Å²) in [6.07, 6.45) is 0. The van der Waals surface area contributed by atoms with Gasteiger partial charge >= 0.3 is 5.97 Å². The normalized spacial score (nSPS) is 11.8. The molecule has 1 N–H and O–H groups in total. The Bertz CT molecular complexity index is 406. The third-order valence-electron chi connectivity index (χ3n) is 2.69. The zero-order chi connectivity index (χ0) is 13.5. The molecule has 0 radical (unpaired) electrons. The maximum Gasteiger partial charge on any atom is 0.319 e. The number of ether oxygens (including phenoxy) is 3. The molecule has 0 bridgehead atoms. The van der Waals surface area contributed by atoms with E-state index >= 15 is 0 Å². The highest BCUT2D eigenvalue weighted by atomic mass is 16.5. The minimum Gasteiger partial charge on any atom is -0.497 e. The minimum absolute atomic E-state index is 0.0232. The summed E-state index contributed by atoms with van der Waals surface area (Å²) in [6, 6.07) is 5.55. The third kappa shape index (κ3) is 3.63. The number of carbonyl (C=O) groups is 1. The van der Waals surface area contributed by atoms with Crippen molar-refractivity contribution in [2.45, 2.75) is 13.0 Å². The molecule has 100 valence electrons. The number of esters is 1. The van der Waals surface area contributed by atoms with E-state index in [0.29, 0.717) is 0 Å². The summed E-state index contributed by atoms with van der Waals surface area (Å²) < 4.78 is 15.0. The van der Waals surface area contributed by atoms with Crippen molar-refractivity contribution in [1.82, 2.24) is 5.32 Å². The van der Waals surface area contributed by atoms with E-state index in [-0.39, 0.29) is 18.6 Å². The maximum atomic E-state index is 11.1. The Kier molecular flexibility index (Phi) is 5.45. The second kappa shape index (κ2) is 6.86. The lowest BCUT2D eigenvalue weighted by Crippen LogP contribution is -2.26. The second-order valence-corrected chi connectivity index (χ2v) is 3.79. The van der Waals surface area contributed by atoms with Crippen LogP contribution >= 0.6 is 0 Å². The molecule has 0 saturated heterocycles. The quantitative estimate of drug-likeness (QED) is 0.779. The fourth-order valence-electron chi connectivity index (χ4n) is 1.59. The van der Waals surface area contributed by atoms with Gasteiger partial charge < -0.3 is 19.5 Å². The SMILES string of the molecule is COC(=O)CNC(C)c1ccc(OC)cc1OC.